The fraction of sp³-hybridized carbons (Fsp3) is 0. The Kier molecular flexibility index (Phi) is 10.4. The van der Waals surface area contributed by atoms with Crippen molar-refractivity contribution in [2.45, 2.75) is 0 Å². The zero-order valence-electron chi connectivity index (χ0n) is 48.0. The van der Waals surface area contributed by atoms with Gasteiger partial charge in [-0.1, -0.05) is 176 Å². The summed E-state index contributed by atoms with van der Waals surface area (Å²) in [5.74, 6) is 3.11. The molecule has 12 aromatic carbocycles. The largest absolute Gasteiger partial charge is 0.309 e. The Hall–Kier alpha value is -11.6. The first-order valence-electron chi connectivity index (χ1n) is 30.3. The number of hydrogen-bond acceptors (Lipinski definition) is 6. The minimum absolute atomic E-state index is 0.679. The number of thiophene rings is 2. The molecule has 0 bridgehead atoms. The van der Waals surface area contributed by atoms with Crippen LogP contribution in [0.4, 0.5) is 0 Å². The van der Waals surface area contributed by atoms with Gasteiger partial charge in [0.05, 0.1) is 64.6 Å². The molecule has 0 aliphatic carbocycles. The molecule has 418 valence electrons. The molecule has 0 aliphatic rings. The summed E-state index contributed by atoms with van der Waals surface area (Å²) < 4.78 is 13.9. The van der Waals surface area contributed by atoms with Gasteiger partial charge in [0.15, 0.2) is 23.3 Å². The predicted molar refractivity (Wildman–Crippen MR) is 377 cm³/mol. The molecule has 90 heavy (non-hydrogen) atoms. The second kappa shape index (κ2) is 19.0. The van der Waals surface area contributed by atoms with Crippen molar-refractivity contribution in [3.8, 4) is 56.9 Å². The third-order valence-electron chi connectivity index (χ3n) is 18.4. The highest BCUT2D eigenvalue weighted by atomic mass is 32.1. The number of nitrogens with zero attached hydrogens (tertiary/aromatic N) is 8. The Bertz CT molecular complexity index is 6270. The molecule has 0 atom stereocenters. The van der Waals surface area contributed by atoms with Crippen molar-refractivity contribution in [1.29, 1.82) is 0 Å². The average Bonchev–Trinajstić information content (AvgIpc) is 1.65. The van der Waals surface area contributed by atoms with Crippen molar-refractivity contribution in [1.82, 2.24) is 38.2 Å². The molecule has 0 fully saturated rings. The summed E-state index contributed by atoms with van der Waals surface area (Å²) in [6, 6.07) is 101. The Balaban J connectivity index is 0.723. The number of aromatic nitrogens is 8. The SMILES string of the molecule is c1cc(-c2nc(-n3c4ccccc4c4ccccc43)c3sc4ccccc4c3n2)cc(-n2c3ccccc3c3cc(-c4ccc5c(c4)sc4c(-n6c7ccccc7c7ccccc76)nc(-c6ccc(-n7c8ccccc8c8ccccc87)cc6)nc45)ccc32)c1. The molecular formula is C80H46N8S2. The van der Waals surface area contributed by atoms with E-state index in [2.05, 4.69) is 297 Å². The van der Waals surface area contributed by atoms with Gasteiger partial charge in [0.1, 0.15) is 0 Å². The number of fused-ring (bicyclic) bond motifs is 18. The molecule has 0 spiro atoms. The third-order valence-corrected chi connectivity index (χ3v) is 20.7. The van der Waals surface area contributed by atoms with Crippen LogP contribution in [0.5, 0.6) is 0 Å². The number of rotatable bonds is 7. The first kappa shape index (κ1) is 49.5. The molecule has 0 radical (unpaired) electrons. The van der Waals surface area contributed by atoms with E-state index in [1.165, 1.54) is 58.8 Å². The van der Waals surface area contributed by atoms with Crippen LogP contribution in [0.2, 0.25) is 0 Å². The van der Waals surface area contributed by atoms with Crippen molar-refractivity contribution < 1.29 is 0 Å². The summed E-state index contributed by atoms with van der Waals surface area (Å²) in [4.78, 5) is 22.1. The Morgan fingerprint density at radius 1 is 0.222 bits per heavy atom. The van der Waals surface area contributed by atoms with E-state index < -0.39 is 0 Å². The van der Waals surface area contributed by atoms with Crippen molar-refractivity contribution in [3.63, 3.8) is 0 Å². The summed E-state index contributed by atoms with van der Waals surface area (Å²) in [5, 5.41) is 11.8. The molecule has 20 rings (SSSR count). The first-order valence-corrected chi connectivity index (χ1v) is 31.9. The van der Waals surface area contributed by atoms with Crippen molar-refractivity contribution in [2.75, 3.05) is 0 Å². The highest BCUT2D eigenvalue weighted by Gasteiger charge is 2.25. The minimum Gasteiger partial charge on any atom is -0.309 e. The standard InChI is InChI=1S/C80H46N8S2/c1-9-28-63-53(20-1)54-21-2-10-29-64(54)85(63)51-40-36-47(37-41-51)77-81-74-61-42-38-49(46-72(61)90-76(74)80(83-77)88-68-33-14-5-24-57(68)58-25-6-15-34-69(58)88)48-39-43-70-62(45-48)59-26-7-11-30-65(59)86(70)52-19-17-18-50(44-52)78-82-73-60-27-8-16-35-71(60)89-75(73)79(84-78)87-66-31-12-3-22-55(66)56-23-4-13-32-67(56)87/h1-46H. The lowest BCUT2D eigenvalue weighted by Gasteiger charge is -2.12. The summed E-state index contributed by atoms with van der Waals surface area (Å²) in [6.07, 6.45) is 0. The van der Waals surface area contributed by atoms with Gasteiger partial charge in [-0.2, -0.15) is 0 Å². The van der Waals surface area contributed by atoms with Crippen LogP contribution in [-0.2, 0) is 0 Å². The summed E-state index contributed by atoms with van der Waals surface area (Å²) >= 11 is 3.52. The van der Waals surface area contributed by atoms with E-state index in [1.54, 1.807) is 22.7 Å². The lowest BCUT2D eigenvalue weighted by atomic mass is 10.0. The topological polar surface area (TPSA) is 71.3 Å². The fourth-order valence-corrected chi connectivity index (χ4v) is 16.7. The quantitative estimate of drug-likeness (QED) is 0.159. The first-order chi connectivity index (χ1) is 44.6. The van der Waals surface area contributed by atoms with Crippen LogP contribution in [0.3, 0.4) is 0 Å². The van der Waals surface area contributed by atoms with Gasteiger partial charge in [0, 0.05) is 85.8 Å². The number of para-hydroxylation sites is 7. The molecule has 0 amide bonds. The van der Waals surface area contributed by atoms with Crippen LogP contribution in [-0.4, -0.2) is 38.2 Å². The van der Waals surface area contributed by atoms with Crippen LogP contribution >= 0.6 is 22.7 Å². The third kappa shape index (κ3) is 7.16. The average molecular weight is 1180 g/mol. The van der Waals surface area contributed by atoms with Gasteiger partial charge in [-0.15, -0.1) is 22.7 Å². The van der Waals surface area contributed by atoms with E-state index in [4.69, 9.17) is 19.9 Å². The van der Waals surface area contributed by atoms with Gasteiger partial charge in [-0.3, -0.25) is 9.13 Å². The summed E-state index contributed by atoms with van der Waals surface area (Å²) in [6.45, 7) is 0. The molecule has 8 aromatic heterocycles. The van der Waals surface area contributed by atoms with E-state index in [-0.39, 0.29) is 0 Å². The molecule has 0 saturated heterocycles. The molecule has 0 aliphatic heterocycles. The van der Waals surface area contributed by atoms with Gasteiger partial charge in [-0.25, -0.2) is 19.9 Å². The second-order valence-electron chi connectivity index (χ2n) is 23.3. The molecule has 8 heterocycles. The monoisotopic (exact) mass is 1180 g/mol. The Morgan fingerprint density at radius 3 is 1.12 bits per heavy atom. The van der Waals surface area contributed by atoms with Crippen molar-refractivity contribution >= 4 is 151 Å². The number of hydrogen-bond donors (Lipinski definition) is 0. The van der Waals surface area contributed by atoms with E-state index in [9.17, 15) is 0 Å². The maximum absolute atomic E-state index is 5.60. The molecule has 8 nitrogen and oxygen atoms in total. The normalized spacial score (nSPS) is 12.2. The Morgan fingerprint density at radius 2 is 0.600 bits per heavy atom. The van der Waals surface area contributed by atoms with Crippen LogP contribution in [0, 0.1) is 0 Å². The van der Waals surface area contributed by atoms with Gasteiger partial charge in [-0.05, 0) is 114 Å². The lowest BCUT2D eigenvalue weighted by molar-refractivity contribution is 1.08. The molecule has 0 saturated carbocycles. The maximum Gasteiger partial charge on any atom is 0.162 e. The fourth-order valence-electron chi connectivity index (χ4n) is 14.4. The van der Waals surface area contributed by atoms with E-state index in [0.717, 1.165) is 114 Å². The summed E-state index contributed by atoms with van der Waals surface area (Å²) in [7, 11) is 0. The van der Waals surface area contributed by atoms with Gasteiger partial charge >= 0.3 is 0 Å². The molecule has 10 heteroatoms. The highest BCUT2D eigenvalue weighted by Crippen LogP contribution is 2.45. The van der Waals surface area contributed by atoms with Crippen molar-refractivity contribution in [3.05, 3.63) is 279 Å². The van der Waals surface area contributed by atoms with E-state index in [0.29, 0.717) is 11.6 Å². The molecular weight excluding hydrogens is 1140 g/mol. The minimum atomic E-state index is 0.679. The van der Waals surface area contributed by atoms with Gasteiger partial charge < -0.3 is 9.13 Å². The van der Waals surface area contributed by atoms with Crippen LogP contribution in [0.1, 0.15) is 0 Å². The zero-order chi connectivity index (χ0) is 58.7. The highest BCUT2D eigenvalue weighted by molar-refractivity contribution is 7.26. The van der Waals surface area contributed by atoms with Gasteiger partial charge in [0.2, 0.25) is 0 Å². The predicted octanol–water partition coefficient (Wildman–Crippen LogP) is 21.4. The number of benzene rings is 12. The van der Waals surface area contributed by atoms with E-state index in [1.807, 2.05) is 0 Å². The van der Waals surface area contributed by atoms with Crippen LogP contribution in [0.25, 0.3) is 185 Å². The Labute approximate surface area is 521 Å². The van der Waals surface area contributed by atoms with E-state index >= 15 is 0 Å². The smallest absolute Gasteiger partial charge is 0.162 e. The summed E-state index contributed by atoms with van der Waals surface area (Å²) in [5.41, 5.74) is 17.2. The second-order valence-corrected chi connectivity index (χ2v) is 25.4. The van der Waals surface area contributed by atoms with Crippen molar-refractivity contribution in [2.24, 2.45) is 0 Å². The molecule has 0 N–H and O–H groups in total. The lowest BCUT2D eigenvalue weighted by Crippen LogP contribution is -2.02. The molecule has 20 aromatic rings. The van der Waals surface area contributed by atoms with Gasteiger partial charge in [0.25, 0.3) is 0 Å². The zero-order valence-corrected chi connectivity index (χ0v) is 49.6. The maximum atomic E-state index is 5.60. The van der Waals surface area contributed by atoms with Crippen LogP contribution in [0.15, 0.2) is 279 Å². The van der Waals surface area contributed by atoms with Crippen LogP contribution < -0.4 is 0 Å². The molecule has 0 unspecified atom stereocenters.